The molecule has 1 unspecified atom stereocenters. The largest absolute Gasteiger partial charge is 0.389 e. The second-order valence-electron chi connectivity index (χ2n) is 4.93. The van der Waals surface area contributed by atoms with E-state index >= 15 is 0 Å². The number of nitrogens with zero attached hydrogens (tertiary/aromatic N) is 1. The van der Waals surface area contributed by atoms with Crippen LogP contribution >= 0.6 is 0 Å². The first-order valence-electron chi connectivity index (χ1n) is 6.33. The van der Waals surface area contributed by atoms with E-state index < -0.39 is 6.10 Å². The Morgan fingerprint density at radius 1 is 1.41 bits per heavy atom. The molecule has 17 heavy (non-hydrogen) atoms. The third kappa shape index (κ3) is 2.60. The monoisotopic (exact) mass is 237 g/mol. The lowest BCUT2D eigenvalue weighted by atomic mass is 10.0. The molecular weight excluding hydrogens is 217 g/mol. The van der Waals surface area contributed by atoms with Gasteiger partial charge in [0.1, 0.15) is 5.82 Å². The number of halogens is 1. The second kappa shape index (κ2) is 5.05. The molecule has 1 heterocycles. The molecule has 2 atom stereocenters. The number of piperidine rings is 1. The average molecular weight is 237 g/mol. The number of rotatable bonds is 2. The van der Waals surface area contributed by atoms with Crippen molar-refractivity contribution >= 4 is 5.69 Å². The number of aliphatic hydroxyl groups excluding tert-OH is 1. The zero-order chi connectivity index (χ0) is 12.4. The summed E-state index contributed by atoms with van der Waals surface area (Å²) in [7, 11) is 0. The molecule has 0 bridgehead atoms. The van der Waals surface area contributed by atoms with Gasteiger partial charge in [-0.05, 0) is 50.8 Å². The van der Waals surface area contributed by atoms with Gasteiger partial charge in [-0.2, -0.15) is 0 Å². The summed E-state index contributed by atoms with van der Waals surface area (Å²) in [6, 6.07) is 5.45. The highest BCUT2D eigenvalue weighted by atomic mass is 19.1. The number of hydrogen-bond acceptors (Lipinski definition) is 2. The third-order valence-electron chi connectivity index (χ3n) is 3.57. The van der Waals surface area contributed by atoms with E-state index in [1.54, 1.807) is 13.0 Å². The summed E-state index contributed by atoms with van der Waals surface area (Å²) in [6.45, 7) is 4.71. The van der Waals surface area contributed by atoms with E-state index in [4.69, 9.17) is 0 Å². The van der Waals surface area contributed by atoms with Gasteiger partial charge in [0.05, 0.1) is 11.8 Å². The van der Waals surface area contributed by atoms with Gasteiger partial charge < -0.3 is 10.0 Å². The smallest absolute Gasteiger partial charge is 0.146 e. The maximum atomic E-state index is 14.0. The molecule has 94 valence electrons. The third-order valence-corrected chi connectivity index (χ3v) is 3.57. The first kappa shape index (κ1) is 12.4. The zero-order valence-electron chi connectivity index (χ0n) is 10.5. The predicted molar refractivity (Wildman–Crippen MR) is 67.7 cm³/mol. The summed E-state index contributed by atoms with van der Waals surface area (Å²) in [5.74, 6) is -0.225. The van der Waals surface area contributed by atoms with Crippen molar-refractivity contribution in [2.24, 2.45) is 0 Å². The van der Waals surface area contributed by atoms with Gasteiger partial charge in [-0.1, -0.05) is 6.07 Å². The van der Waals surface area contributed by atoms with Crippen molar-refractivity contribution in [1.82, 2.24) is 0 Å². The van der Waals surface area contributed by atoms with E-state index in [1.807, 2.05) is 6.07 Å². The fraction of sp³-hybridized carbons (Fsp3) is 0.571. The van der Waals surface area contributed by atoms with E-state index in [-0.39, 0.29) is 5.82 Å². The molecule has 3 heteroatoms. The number of hydrogen-bond donors (Lipinski definition) is 1. The van der Waals surface area contributed by atoms with Gasteiger partial charge in [0, 0.05) is 12.6 Å². The Labute approximate surface area is 102 Å². The van der Waals surface area contributed by atoms with Crippen LogP contribution in [0.15, 0.2) is 18.2 Å². The quantitative estimate of drug-likeness (QED) is 0.853. The fourth-order valence-corrected chi connectivity index (χ4v) is 2.47. The Kier molecular flexibility index (Phi) is 3.67. The van der Waals surface area contributed by atoms with Gasteiger partial charge in [-0.25, -0.2) is 4.39 Å². The molecule has 0 aliphatic carbocycles. The first-order valence-corrected chi connectivity index (χ1v) is 6.33. The van der Waals surface area contributed by atoms with Gasteiger partial charge in [0.2, 0.25) is 0 Å². The maximum absolute atomic E-state index is 14.0. The van der Waals surface area contributed by atoms with Crippen LogP contribution in [0.4, 0.5) is 10.1 Å². The summed E-state index contributed by atoms with van der Waals surface area (Å²) in [5, 5.41) is 9.42. The number of anilines is 1. The van der Waals surface area contributed by atoms with Crippen LogP contribution in [0.3, 0.4) is 0 Å². The van der Waals surface area contributed by atoms with Crippen molar-refractivity contribution in [1.29, 1.82) is 0 Å². The highest BCUT2D eigenvalue weighted by Crippen LogP contribution is 2.28. The zero-order valence-corrected chi connectivity index (χ0v) is 10.5. The van der Waals surface area contributed by atoms with E-state index in [0.717, 1.165) is 19.4 Å². The molecule has 1 saturated heterocycles. The lowest BCUT2D eigenvalue weighted by Gasteiger charge is -2.35. The SMILES string of the molecule is CC1CCCCN1c1ccc([C@@H](C)O)cc1F. The summed E-state index contributed by atoms with van der Waals surface area (Å²) in [6.07, 6.45) is 2.86. The lowest BCUT2D eigenvalue weighted by molar-refractivity contribution is 0.199. The van der Waals surface area contributed by atoms with Crippen LogP contribution in [0.2, 0.25) is 0 Å². The second-order valence-corrected chi connectivity index (χ2v) is 4.93. The highest BCUT2D eigenvalue weighted by molar-refractivity contribution is 5.50. The molecule has 0 amide bonds. The van der Waals surface area contributed by atoms with Crippen LogP contribution in [0.25, 0.3) is 0 Å². The minimum atomic E-state index is -0.614. The van der Waals surface area contributed by atoms with Crippen molar-refractivity contribution in [3.8, 4) is 0 Å². The van der Waals surface area contributed by atoms with Gasteiger partial charge in [-0.3, -0.25) is 0 Å². The van der Waals surface area contributed by atoms with Crippen LogP contribution < -0.4 is 4.90 Å². The Balaban J connectivity index is 2.26. The molecule has 2 nitrogen and oxygen atoms in total. The summed E-state index contributed by atoms with van der Waals surface area (Å²) >= 11 is 0. The fourth-order valence-electron chi connectivity index (χ4n) is 2.47. The Morgan fingerprint density at radius 2 is 2.18 bits per heavy atom. The van der Waals surface area contributed by atoms with Crippen LogP contribution in [0.1, 0.15) is 44.8 Å². The molecule has 2 rings (SSSR count). The normalized spacial score (nSPS) is 22.6. The lowest BCUT2D eigenvalue weighted by Crippen LogP contribution is -2.37. The molecule has 1 fully saturated rings. The first-order chi connectivity index (χ1) is 8.09. The topological polar surface area (TPSA) is 23.5 Å². The van der Waals surface area contributed by atoms with Crippen LogP contribution in [-0.2, 0) is 0 Å². The molecule has 1 aliphatic heterocycles. The van der Waals surface area contributed by atoms with Gasteiger partial charge in [-0.15, -0.1) is 0 Å². The van der Waals surface area contributed by atoms with Crippen LogP contribution in [0.5, 0.6) is 0 Å². The minimum absolute atomic E-state index is 0.225. The number of aliphatic hydroxyl groups is 1. The van der Waals surface area contributed by atoms with Crippen molar-refractivity contribution in [2.45, 2.75) is 45.3 Å². The maximum Gasteiger partial charge on any atom is 0.146 e. The van der Waals surface area contributed by atoms with Gasteiger partial charge >= 0.3 is 0 Å². The molecule has 0 radical (unpaired) electrons. The van der Waals surface area contributed by atoms with Crippen LogP contribution in [0, 0.1) is 5.82 Å². The van der Waals surface area contributed by atoms with Gasteiger partial charge in [0.25, 0.3) is 0 Å². The molecule has 0 aromatic heterocycles. The van der Waals surface area contributed by atoms with Crippen LogP contribution in [-0.4, -0.2) is 17.7 Å². The molecule has 1 N–H and O–H groups in total. The average Bonchev–Trinajstić information content (AvgIpc) is 2.30. The van der Waals surface area contributed by atoms with E-state index in [1.165, 1.54) is 12.5 Å². The summed E-state index contributed by atoms with van der Waals surface area (Å²) in [4.78, 5) is 2.13. The van der Waals surface area contributed by atoms with Crippen molar-refractivity contribution < 1.29 is 9.50 Å². The van der Waals surface area contributed by atoms with Crippen molar-refractivity contribution in [3.63, 3.8) is 0 Å². The summed E-state index contributed by atoms with van der Waals surface area (Å²) < 4.78 is 14.0. The van der Waals surface area contributed by atoms with Gasteiger partial charge in [0.15, 0.2) is 0 Å². The van der Waals surface area contributed by atoms with E-state index in [2.05, 4.69) is 11.8 Å². The Hall–Kier alpha value is -1.09. The van der Waals surface area contributed by atoms with E-state index in [0.29, 0.717) is 17.3 Å². The minimum Gasteiger partial charge on any atom is -0.389 e. The van der Waals surface area contributed by atoms with E-state index in [9.17, 15) is 9.50 Å². The molecule has 1 aromatic rings. The number of benzene rings is 1. The van der Waals surface area contributed by atoms with Crippen molar-refractivity contribution in [3.05, 3.63) is 29.6 Å². The molecule has 0 spiro atoms. The molecule has 1 aliphatic rings. The molecule has 1 aromatic carbocycles. The standard InChI is InChI=1S/C14H20FNO/c1-10-5-3-4-8-16(10)14-7-6-12(11(2)17)9-13(14)15/h6-7,9-11,17H,3-5,8H2,1-2H3/t10?,11-/m1/s1. The Bertz CT molecular complexity index is 392. The predicted octanol–water partition coefficient (Wildman–Crippen LogP) is 3.26. The Morgan fingerprint density at radius 3 is 2.76 bits per heavy atom. The molecule has 0 saturated carbocycles. The summed E-state index contributed by atoms with van der Waals surface area (Å²) in [5.41, 5.74) is 1.30. The van der Waals surface area contributed by atoms with Crippen molar-refractivity contribution in [2.75, 3.05) is 11.4 Å². The highest BCUT2D eigenvalue weighted by Gasteiger charge is 2.21. The molecular formula is C14H20FNO.